The van der Waals surface area contributed by atoms with Gasteiger partial charge < -0.3 is 15.2 Å². The Morgan fingerprint density at radius 1 is 1.03 bits per heavy atom. The molecule has 0 aliphatic carbocycles. The van der Waals surface area contributed by atoms with E-state index in [9.17, 15) is 14.9 Å². The number of benzene rings is 2. The number of anilines is 1. The summed E-state index contributed by atoms with van der Waals surface area (Å²) in [5, 5.41) is 18.5. The Morgan fingerprint density at radius 2 is 1.76 bits per heavy atom. The van der Waals surface area contributed by atoms with Crippen LogP contribution in [0.2, 0.25) is 0 Å². The molecule has 0 atom stereocenters. The summed E-state index contributed by atoms with van der Waals surface area (Å²) in [7, 11) is 0. The van der Waals surface area contributed by atoms with Crippen LogP contribution in [0.1, 0.15) is 49.2 Å². The van der Waals surface area contributed by atoms with Gasteiger partial charge in [0.05, 0.1) is 29.4 Å². The van der Waals surface area contributed by atoms with Gasteiger partial charge in [0.1, 0.15) is 22.6 Å². The lowest BCUT2D eigenvalue weighted by Crippen LogP contribution is -2.10. The van der Waals surface area contributed by atoms with Crippen molar-refractivity contribution in [2.24, 2.45) is 0 Å². The minimum atomic E-state index is -0.611. The molecule has 1 aromatic heterocycles. The summed E-state index contributed by atoms with van der Waals surface area (Å²) in [5.74, 6) is -0.593. The van der Waals surface area contributed by atoms with Gasteiger partial charge in [-0.1, -0.05) is 24.3 Å². The minimum Gasteiger partial charge on any atom is -0.462 e. The van der Waals surface area contributed by atoms with Crippen molar-refractivity contribution in [1.82, 2.24) is 0 Å². The number of rotatable bonds is 8. The average Bonchev–Trinajstić information content (AvgIpc) is 3.17. The highest BCUT2D eigenvalue weighted by molar-refractivity contribution is 7.98. The molecule has 9 heteroatoms. The number of nitriles is 2. The highest BCUT2D eigenvalue weighted by atomic mass is 32.2. The number of nitrogens with zero attached hydrogens (tertiary/aromatic N) is 2. The van der Waals surface area contributed by atoms with Crippen LogP contribution in [0.15, 0.2) is 53.4 Å². The van der Waals surface area contributed by atoms with Crippen LogP contribution in [0, 0.1) is 22.7 Å². The van der Waals surface area contributed by atoms with Crippen molar-refractivity contribution in [3.8, 4) is 12.1 Å². The second-order valence-corrected chi connectivity index (χ2v) is 8.72. The molecule has 1 heterocycles. The van der Waals surface area contributed by atoms with Gasteiger partial charge in [-0.3, -0.25) is 0 Å². The summed E-state index contributed by atoms with van der Waals surface area (Å²) in [6, 6.07) is 18.3. The quantitative estimate of drug-likeness (QED) is 0.359. The first-order valence-corrected chi connectivity index (χ1v) is 11.6. The van der Waals surface area contributed by atoms with Crippen molar-refractivity contribution in [2.75, 3.05) is 12.3 Å². The first kappa shape index (κ1) is 23.9. The highest BCUT2D eigenvalue weighted by Gasteiger charge is 2.24. The molecule has 2 aromatic carbocycles. The predicted octanol–water partition coefficient (Wildman–Crippen LogP) is 4.90. The summed E-state index contributed by atoms with van der Waals surface area (Å²) >= 11 is 2.40. The number of esters is 2. The van der Waals surface area contributed by atoms with Crippen molar-refractivity contribution in [3.05, 3.63) is 81.2 Å². The SMILES string of the molecule is CCOC(=O)c1sc(N)c(C#N)c1COC(=O)c1ccccc1SCc1ccc(C#N)cc1. The van der Waals surface area contributed by atoms with E-state index in [-0.39, 0.29) is 34.2 Å². The van der Waals surface area contributed by atoms with Gasteiger partial charge in [0, 0.05) is 16.2 Å². The fourth-order valence-corrected chi connectivity index (χ4v) is 4.83. The smallest absolute Gasteiger partial charge is 0.348 e. The lowest BCUT2D eigenvalue weighted by atomic mass is 10.1. The molecule has 0 bridgehead atoms. The fraction of sp³-hybridized carbons (Fsp3) is 0.167. The van der Waals surface area contributed by atoms with Crippen LogP contribution in [0.5, 0.6) is 0 Å². The number of nitrogens with two attached hydrogens (primary N) is 1. The van der Waals surface area contributed by atoms with Crippen molar-refractivity contribution >= 4 is 40.0 Å². The maximum atomic E-state index is 12.8. The minimum absolute atomic E-state index is 0.110. The molecule has 3 aromatic rings. The van der Waals surface area contributed by atoms with Gasteiger partial charge in [-0.15, -0.1) is 23.1 Å². The number of carbonyl (C=O) groups excluding carboxylic acids is 2. The number of thioether (sulfide) groups is 1. The van der Waals surface area contributed by atoms with Crippen LogP contribution in [-0.4, -0.2) is 18.5 Å². The van der Waals surface area contributed by atoms with Gasteiger partial charge in [-0.25, -0.2) is 9.59 Å². The normalized spacial score (nSPS) is 10.2. The zero-order valence-corrected chi connectivity index (χ0v) is 19.3. The third kappa shape index (κ3) is 5.72. The summed E-state index contributed by atoms with van der Waals surface area (Å²) < 4.78 is 10.5. The van der Waals surface area contributed by atoms with Gasteiger partial charge in [0.15, 0.2) is 0 Å². The predicted molar refractivity (Wildman–Crippen MR) is 126 cm³/mol. The molecular formula is C24H19N3O4S2. The Hall–Kier alpha value is -3.79. The highest BCUT2D eigenvalue weighted by Crippen LogP contribution is 2.32. The lowest BCUT2D eigenvalue weighted by Gasteiger charge is -2.10. The molecule has 0 saturated carbocycles. The molecule has 33 heavy (non-hydrogen) atoms. The molecule has 0 aliphatic heterocycles. The second-order valence-electron chi connectivity index (χ2n) is 6.65. The van der Waals surface area contributed by atoms with E-state index in [0.717, 1.165) is 21.8 Å². The third-order valence-corrected chi connectivity index (χ3v) is 6.72. The van der Waals surface area contributed by atoms with E-state index in [0.29, 0.717) is 16.9 Å². The first-order chi connectivity index (χ1) is 16.0. The number of ether oxygens (including phenoxy) is 2. The third-order valence-electron chi connectivity index (χ3n) is 4.54. The number of nitrogen functional groups attached to an aromatic ring is 1. The summed E-state index contributed by atoms with van der Waals surface area (Å²) in [6.07, 6.45) is 0. The Morgan fingerprint density at radius 3 is 2.42 bits per heavy atom. The molecule has 0 spiro atoms. The standard InChI is InChI=1S/C24H19N3O4S2/c1-2-30-24(29)21-19(18(12-26)22(27)33-21)13-31-23(28)17-5-3-4-6-20(17)32-14-16-9-7-15(11-25)8-10-16/h3-10H,2,13-14,27H2,1H3. The van der Waals surface area contributed by atoms with Gasteiger partial charge in [-0.2, -0.15) is 10.5 Å². The van der Waals surface area contributed by atoms with E-state index in [2.05, 4.69) is 6.07 Å². The molecule has 0 radical (unpaired) electrons. The molecule has 7 nitrogen and oxygen atoms in total. The van der Waals surface area contributed by atoms with E-state index in [1.807, 2.05) is 30.3 Å². The van der Waals surface area contributed by atoms with E-state index < -0.39 is 11.9 Å². The average molecular weight is 478 g/mol. The zero-order chi connectivity index (χ0) is 23.8. The van der Waals surface area contributed by atoms with E-state index in [1.165, 1.54) is 11.8 Å². The molecule has 0 fully saturated rings. The van der Waals surface area contributed by atoms with Gasteiger partial charge in [-0.05, 0) is 36.8 Å². The monoisotopic (exact) mass is 477 g/mol. The first-order valence-electron chi connectivity index (χ1n) is 9.84. The van der Waals surface area contributed by atoms with E-state index in [4.69, 9.17) is 20.5 Å². The van der Waals surface area contributed by atoms with E-state index >= 15 is 0 Å². The van der Waals surface area contributed by atoms with Gasteiger partial charge in [0.25, 0.3) is 0 Å². The van der Waals surface area contributed by atoms with Crippen molar-refractivity contribution in [2.45, 2.75) is 24.2 Å². The topological polar surface area (TPSA) is 126 Å². The summed E-state index contributed by atoms with van der Waals surface area (Å²) in [4.78, 5) is 26.0. The zero-order valence-electron chi connectivity index (χ0n) is 17.7. The fourth-order valence-electron chi connectivity index (χ4n) is 2.92. The molecule has 3 rings (SSSR count). The van der Waals surface area contributed by atoms with E-state index in [1.54, 1.807) is 31.2 Å². The molecular weight excluding hydrogens is 458 g/mol. The number of carbonyl (C=O) groups is 2. The number of hydrogen-bond acceptors (Lipinski definition) is 9. The van der Waals surface area contributed by atoms with Gasteiger partial charge in [0.2, 0.25) is 0 Å². The molecule has 0 amide bonds. The Kier molecular flexibility index (Phi) is 8.09. The number of hydrogen-bond donors (Lipinski definition) is 1. The Labute approximate surface area is 199 Å². The van der Waals surface area contributed by atoms with Crippen LogP contribution in [-0.2, 0) is 21.8 Å². The van der Waals surface area contributed by atoms with Gasteiger partial charge >= 0.3 is 11.9 Å². The maximum Gasteiger partial charge on any atom is 0.348 e. The summed E-state index contributed by atoms with van der Waals surface area (Å²) in [5.41, 5.74) is 8.19. The Balaban J connectivity index is 1.75. The maximum absolute atomic E-state index is 12.8. The molecule has 166 valence electrons. The molecule has 2 N–H and O–H groups in total. The van der Waals surface area contributed by atoms with Crippen molar-refractivity contribution in [3.63, 3.8) is 0 Å². The van der Waals surface area contributed by atoms with Crippen molar-refractivity contribution in [1.29, 1.82) is 10.5 Å². The van der Waals surface area contributed by atoms with Crippen molar-refractivity contribution < 1.29 is 19.1 Å². The van der Waals surface area contributed by atoms with Crippen LogP contribution < -0.4 is 5.73 Å². The van der Waals surface area contributed by atoms with Crippen LogP contribution in [0.3, 0.4) is 0 Å². The number of thiophene rings is 1. The molecule has 0 aliphatic rings. The lowest BCUT2D eigenvalue weighted by molar-refractivity contribution is 0.0449. The molecule has 0 saturated heterocycles. The largest absolute Gasteiger partial charge is 0.462 e. The summed E-state index contributed by atoms with van der Waals surface area (Å²) in [6.45, 7) is 1.56. The van der Waals surface area contributed by atoms with Crippen LogP contribution in [0.4, 0.5) is 5.00 Å². The Bertz CT molecular complexity index is 1250. The van der Waals surface area contributed by atoms with Crippen LogP contribution >= 0.6 is 23.1 Å². The second kappa shape index (κ2) is 11.2. The van der Waals surface area contributed by atoms with Crippen LogP contribution in [0.25, 0.3) is 0 Å². The molecule has 0 unspecified atom stereocenters.